The summed E-state index contributed by atoms with van der Waals surface area (Å²) in [7, 11) is 0. The van der Waals surface area contributed by atoms with Crippen molar-refractivity contribution in [1.82, 2.24) is 15.0 Å². The van der Waals surface area contributed by atoms with Crippen LogP contribution in [0.15, 0.2) is 16.9 Å². The van der Waals surface area contributed by atoms with Gasteiger partial charge in [0.15, 0.2) is 0 Å². The average Bonchev–Trinajstić information content (AvgIpc) is 2.72. The molecule has 6 heteroatoms. The highest BCUT2D eigenvalue weighted by atomic mass is 79.9. The first-order chi connectivity index (χ1) is 8.67. The topological polar surface area (TPSA) is 50.7 Å². The highest BCUT2D eigenvalue weighted by molar-refractivity contribution is 9.10. The molecule has 0 atom stereocenters. The van der Waals surface area contributed by atoms with Crippen LogP contribution in [0.4, 0.5) is 5.82 Å². The van der Waals surface area contributed by atoms with E-state index in [0.29, 0.717) is 0 Å². The van der Waals surface area contributed by atoms with Crippen LogP contribution in [0.2, 0.25) is 0 Å². The van der Waals surface area contributed by atoms with E-state index in [1.54, 1.807) is 11.3 Å². The third-order valence-electron chi connectivity index (χ3n) is 2.33. The molecule has 2 aromatic heterocycles. The lowest BCUT2D eigenvalue weighted by atomic mass is 10.3. The van der Waals surface area contributed by atoms with Crippen molar-refractivity contribution in [3.05, 3.63) is 32.6 Å². The van der Waals surface area contributed by atoms with Gasteiger partial charge in [0.05, 0.1) is 11.6 Å². The molecule has 0 aliphatic rings. The zero-order valence-corrected chi connectivity index (χ0v) is 12.8. The molecule has 0 saturated carbocycles. The van der Waals surface area contributed by atoms with E-state index in [1.807, 2.05) is 19.2 Å². The Morgan fingerprint density at radius 2 is 2.22 bits per heavy atom. The van der Waals surface area contributed by atoms with Gasteiger partial charge in [-0.25, -0.2) is 15.0 Å². The summed E-state index contributed by atoms with van der Waals surface area (Å²) in [5, 5.41) is 4.39. The van der Waals surface area contributed by atoms with Crippen LogP contribution in [-0.4, -0.2) is 15.0 Å². The fourth-order valence-electron chi connectivity index (χ4n) is 1.56. The molecule has 0 unspecified atom stereocenters. The fourth-order valence-corrected chi connectivity index (χ4v) is 2.71. The molecule has 0 aliphatic heterocycles. The van der Waals surface area contributed by atoms with Crippen LogP contribution in [0, 0.1) is 6.92 Å². The molecule has 0 spiro atoms. The van der Waals surface area contributed by atoms with Crippen molar-refractivity contribution in [3.63, 3.8) is 0 Å². The molecule has 4 nitrogen and oxygen atoms in total. The molecule has 0 saturated heterocycles. The highest BCUT2D eigenvalue weighted by Gasteiger charge is 2.03. The van der Waals surface area contributed by atoms with Crippen LogP contribution in [-0.2, 0) is 13.0 Å². The lowest BCUT2D eigenvalue weighted by molar-refractivity contribution is 0.828. The van der Waals surface area contributed by atoms with E-state index in [2.05, 4.69) is 43.1 Å². The minimum Gasteiger partial charge on any atom is -0.365 e. The molecular formula is C12H15BrN4S. The largest absolute Gasteiger partial charge is 0.365 e. The second kappa shape index (κ2) is 6.24. The van der Waals surface area contributed by atoms with Gasteiger partial charge in [0.25, 0.3) is 0 Å². The van der Waals surface area contributed by atoms with E-state index in [1.165, 1.54) is 4.88 Å². The summed E-state index contributed by atoms with van der Waals surface area (Å²) in [5.41, 5.74) is 0. The Morgan fingerprint density at radius 1 is 1.39 bits per heavy atom. The second-order valence-corrected chi connectivity index (χ2v) is 6.07. The Labute approximate surface area is 119 Å². The second-order valence-electron chi connectivity index (χ2n) is 3.94. The summed E-state index contributed by atoms with van der Waals surface area (Å²) in [6.07, 6.45) is 3.84. The molecule has 0 radical (unpaired) electrons. The summed E-state index contributed by atoms with van der Waals surface area (Å²) >= 11 is 5.11. The van der Waals surface area contributed by atoms with Gasteiger partial charge in [-0.3, -0.25) is 0 Å². The quantitative estimate of drug-likeness (QED) is 0.853. The monoisotopic (exact) mass is 326 g/mol. The van der Waals surface area contributed by atoms with Crippen molar-refractivity contribution in [2.24, 2.45) is 0 Å². The molecule has 2 heterocycles. The average molecular weight is 327 g/mol. The van der Waals surface area contributed by atoms with Crippen LogP contribution in [0.25, 0.3) is 0 Å². The molecule has 0 aromatic carbocycles. The summed E-state index contributed by atoms with van der Waals surface area (Å²) in [5.74, 6) is 1.72. The van der Waals surface area contributed by atoms with Gasteiger partial charge >= 0.3 is 0 Å². The van der Waals surface area contributed by atoms with Gasteiger partial charge in [0.2, 0.25) is 0 Å². The molecule has 0 bridgehead atoms. The molecular weight excluding hydrogens is 312 g/mol. The maximum absolute atomic E-state index is 4.48. The fraction of sp³-hybridized carbons (Fsp3) is 0.417. The van der Waals surface area contributed by atoms with Crippen LogP contribution in [0.5, 0.6) is 0 Å². The maximum Gasteiger partial charge on any atom is 0.132 e. The Morgan fingerprint density at radius 3 is 2.89 bits per heavy atom. The highest BCUT2D eigenvalue weighted by Crippen LogP contribution is 2.16. The number of aromatic nitrogens is 3. The first-order valence-electron chi connectivity index (χ1n) is 5.86. The minimum absolute atomic E-state index is 0.751. The van der Waals surface area contributed by atoms with Gasteiger partial charge in [-0.05, 0) is 29.3 Å². The predicted molar refractivity (Wildman–Crippen MR) is 77.9 cm³/mol. The van der Waals surface area contributed by atoms with Gasteiger partial charge in [-0.15, -0.1) is 11.3 Å². The van der Waals surface area contributed by atoms with E-state index in [0.717, 1.165) is 40.6 Å². The van der Waals surface area contributed by atoms with Gasteiger partial charge in [0.1, 0.15) is 16.2 Å². The van der Waals surface area contributed by atoms with E-state index < -0.39 is 0 Å². The van der Waals surface area contributed by atoms with Gasteiger partial charge in [0, 0.05) is 23.6 Å². The van der Waals surface area contributed by atoms with E-state index in [4.69, 9.17) is 0 Å². The first-order valence-corrected chi connectivity index (χ1v) is 7.47. The number of anilines is 1. The van der Waals surface area contributed by atoms with Gasteiger partial charge in [-0.2, -0.15) is 0 Å². The lowest BCUT2D eigenvalue weighted by Gasteiger charge is -2.06. The number of thiazole rings is 1. The summed E-state index contributed by atoms with van der Waals surface area (Å²) in [6.45, 7) is 4.88. The predicted octanol–water partition coefficient (Wildman–Crippen LogP) is 3.57. The smallest absolute Gasteiger partial charge is 0.132 e. The van der Waals surface area contributed by atoms with Crippen molar-refractivity contribution in [1.29, 1.82) is 0 Å². The molecule has 2 aromatic rings. The number of aryl methyl sites for hydroxylation is 2. The van der Waals surface area contributed by atoms with Gasteiger partial charge in [-0.1, -0.05) is 6.92 Å². The Kier molecular flexibility index (Phi) is 4.66. The van der Waals surface area contributed by atoms with Crippen LogP contribution in [0.1, 0.15) is 29.1 Å². The zero-order chi connectivity index (χ0) is 13.0. The minimum atomic E-state index is 0.751. The van der Waals surface area contributed by atoms with E-state index >= 15 is 0 Å². The molecule has 96 valence electrons. The molecule has 1 N–H and O–H groups in total. The summed E-state index contributed by atoms with van der Waals surface area (Å²) < 4.78 is 0.823. The Hall–Kier alpha value is -1.01. The van der Waals surface area contributed by atoms with Crippen molar-refractivity contribution in [3.8, 4) is 0 Å². The molecule has 18 heavy (non-hydrogen) atoms. The van der Waals surface area contributed by atoms with E-state index in [9.17, 15) is 0 Å². The number of hydrogen-bond acceptors (Lipinski definition) is 5. The molecule has 0 aliphatic carbocycles. The third-order valence-corrected chi connectivity index (χ3v) is 3.65. The molecule has 2 rings (SSSR count). The van der Waals surface area contributed by atoms with Crippen molar-refractivity contribution in [2.75, 3.05) is 5.32 Å². The first kappa shape index (κ1) is 13.4. The number of hydrogen-bond donors (Lipinski definition) is 1. The van der Waals surface area contributed by atoms with Crippen molar-refractivity contribution in [2.45, 2.75) is 33.2 Å². The number of nitrogens with one attached hydrogen (secondary N) is 1. The Bertz CT molecular complexity index is 527. The lowest BCUT2D eigenvalue weighted by Crippen LogP contribution is -2.04. The van der Waals surface area contributed by atoms with Crippen molar-refractivity contribution >= 4 is 33.1 Å². The number of nitrogens with zero attached hydrogens (tertiary/aromatic N) is 3. The third kappa shape index (κ3) is 3.74. The molecule has 0 fully saturated rings. The normalized spacial score (nSPS) is 10.6. The van der Waals surface area contributed by atoms with Crippen LogP contribution < -0.4 is 5.32 Å². The summed E-state index contributed by atoms with van der Waals surface area (Å²) in [4.78, 5) is 14.3. The van der Waals surface area contributed by atoms with Crippen LogP contribution in [0.3, 0.4) is 0 Å². The standard InChI is InChI=1S/C12H15BrN4S/c1-3-4-11-16-10(13)5-12(17-11)15-7-9-6-14-8(2)18-9/h5-6H,3-4,7H2,1-2H3,(H,15,16,17). The maximum atomic E-state index is 4.48. The SMILES string of the molecule is CCCc1nc(Br)cc(NCc2cnc(C)s2)n1. The zero-order valence-electron chi connectivity index (χ0n) is 10.4. The summed E-state index contributed by atoms with van der Waals surface area (Å²) in [6, 6.07) is 1.90. The molecule has 0 amide bonds. The number of rotatable bonds is 5. The van der Waals surface area contributed by atoms with Crippen LogP contribution >= 0.6 is 27.3 Å². The number of halogens is 1. The Balaban J connectivity index is 2.04. The van der Waals surface area contributed by atoms with Gasteiger partial charge < -0.3 is 5.32 Å². The van der Waals surface area contributed by atoms with Crippen molar-refractivity contribution < 1.29 is 0 Å². The van der Waals surface area contributed by atoms with E-state index in [-0.39, 0.29) is 0 Å².